The highest BCUT2D eigenvalue weighted by molar-refractivity contribution is 6.35. The average molecular weight is 501 g/mol. The van der Waals surface area contributed by atoms with E-state index in [1.54, 1.807) is 0 Å². The smallest absolute Gasteiger partial charge is 0.130 e. The molecule has 34 heavy (non-hydrogen) atoms. The molecule has 3 aromatic rings. The second-order valence-electron chi connectivity index (χ2n) is 8.48. The van der Waals surface area contributed by atoms with Crippen molar-refractivity contribution >= 4 is 23.2 Å². The van der Waals surface area contributed by atoms with Crippen molar-refractivity contribution in [3.8, 4) is 11.1 Å². The molecule has 1 aromatic heterocycles. The normalized spacial score (nSPS) is 15.9. The van der Waals surface area contributed by atoms with Crippen LogP contribution in [0.25, 0.3) is 11.1 Å². The van der Waals surface area contributed by atoms with Crippen molar-refractivity contribution in [2.75, 3.05) is 46.6 Å². The van der Waals surface area contributed by atoms with Crippen molar-refractivity contribution in [1.82, 2.24) is 14.9 Å². The first-order valence-corrected chi connectivity index (χ1v) is 12.2. The van der Waals surface area contributed by atoms with E-state index >= 15 is 0 Å². The molecule has 0 aliphatic carbocycles. The first kappa shape index (κ1) is 25.0. The first-order valence-electron chi connectivity index (χ1n) is 11.5. The molecule has 0 unspecified atom stereocenters. The van der Waals surface area contributed by atoms with E-state index in [2.05, 4.69) is 52.2 Å². The number of hydrogen-bond donors (Lipinski definition) is 1. The molecule has 180 valence electrons. The largest absolute Gasteiger partial charge is 0.379 e. The van der Waals surface area contributed by atoms with Crippen LogP contribution in [0.1, 0.15) is 28.4 Å². The number of aromatic nitrogens is 2. The zero-order valence-electron chi connectivity index (χ0n) is 19.3. The van der Waals surface area contributed by atoms with Crippen LogP contribution in [0.2, 0.25) is 10.0 Å². The molecular formula is C26H30Cl2N4O2. The molecule has 4 rings (SSSR count). The summed E-state index contributed by atoms with van der Waals surface area (Å²) < 4.78 is 10.9. The molecule has 0 saturated carbocycles. The van der Waals surface area contributed by atoms with Crippen molar-refractivity contribution < 1.29 is 9.47 Å². The van der Waals surface area contributed by atoms with Gasteiger partial charge in [0.25, 0.3) is 0 Å². The van der Waals surface area contributed by atoms with Gasteiger partial charge in [0.2, 0.25) is 0 Å². The van der Waals surface area contributed by atoms with Gasteiger partial charge in [-0.1, -0.05) is 47.5 Å². The molecule has 6 nitrogen and oxygen atoms in total. The fraction of sp³-hybridized carbons (Fsp3) is 0.385. The third kappa shape index (κ3) is 6.33. The Hall–Kier alpha value is -2.06. The Morgan fingerprint density at radius 2 is 1.76 bits per heavy atom. The van der Waals surface area contributed by atoms with E-state index in [-0.39, 0.29) is 5.92 Å². The summed E-state index contributed by atoms with van der Waals surface area (Å²) in [5.41, 5.74) is 11.0. The number of benzene rings is 2. The van der Waals surface area contributed by atoms with Crippen LogP contribution in [0.5, 0.6) is 0 Å². The minimum Gasteiger partial charge on any atom is -0.379 e. The van der Waals surface area contributed by atoms with Gasteiger partial charge in [-0.3, -0.25) is 0 Å². The van der Waals surface area contributed by atoms with Gasteiger partial charge in [-0.2, -0.15) is 0 Å². The van der Waals surface area contributed by atoms with Crippen LogP contribution in [-0.2, 0) is 22.4 Å². The van der Waals surface area contributed by atoms with Crippen LogP contribution in [0.15, 0.2) is 48.8 Å². The van der Waals surface area contributed by atoms with E-state index < -0.39 is 0 Å². The maximum atomic E-state index is 6.53. The van der Waals surface area contributed by atoms with Gasteiger partial charge in [0.05, 0.1) is 26.4 Å². The van der Waals surface area contributed by atoms with Gasteiger partial charge in [-0.15, -0.1) is 0 Å². The summed E-state index contributed by atoms with van der Waals surface area (Å²) in [7, 11) is 2.12. The zero-order chi connectivity index (χ0) is 23.9. The Bertz CT molecular complexity index is 1090. The van der Waals surface area contributed by atoms with Gasteiger partial charge in [0.15, 0.2) is 0 Å². The molecule has 0 amide bonds. The minimum atomic E-state index is 0.191. The lowest BCUT2D eigenvalue weighted by molar-refractivity contribution is 0.0515. The van der Waals surface area contributed by atoms with Gasteiger partial charge in [0, 0.05) is 60.0 Å². The lowest BCUT2D eigenvalue weighted by atomic mass is 9.84. The van der Waals surface area contributed by atoms with Gasteiger partial charge in [-0.05, 0) is 41.4 Å². The molecular weight excluding hydrogens is 471 g/mol. The van der Waals surface area contributed by atoms with E-state index in [0.29, 0.717) is 44.4 Å². The Morgan fingerprint density at radius 1 is 1.00 bits per heavy atom. The molecule has 2 aromatic carbocycles. The Balaban J connectivity index is 1.44. The molecule has 8 heteroatoms. The van der Waals surface area contributed by atoms with Crippen LogP contribution < -0.4 is 5.73 Å². The SMILES string of the molecule is CN1Cc2c(Cl)cc(Cl)cc2[C@H](c2cccc(-c3cnc(CCOCCOCCN)nc3)c2)C1. The second-order valence-corrected chi connectivity index (χ2v) is 9.33. The average Bonchev–Trinajstić information content (AvgIpc) is 2.84. The summed E-state index contributed by atoms with van der Waals surface area (Å²) >= 11 is 12.9. The highest BCUT2D eigenvalue weighted by atomic mass is 35.5. The van der Waals surface area contributed by atoms with Crippen LogP contribution in [0.4, 0.5) is 0 Å². The molecule has 0 bridgehead atoms. The third-order valence-corrected chi connectivity index (χ3v) is 6.48. The van der Waals surface area contributed by atoms with Gasteiger partial charge >= 0.3 is 0 Å². The van der Waals surface area contributed by atoms with Crippen LogP contribution in [-0.4, -0.2) is 61.4 Å². The summed E-state index contributed by atoms with van der Waals surface area (Å²) in [5, 5.41) is 1.40. The lowest BCUT2D eigenvalue weighted by Crippen LogP contribution is -2.31. The van der Waals surface area contributed by atoms with Crippen LogP contribution >= 0.6 is 23.2 Å². The van der Waals surface area contributed by atoms with Crippen LogP contribution in [0.3, 0.4) is 0 Å². The number of halogens is 2. The summed E-state index contributed by atoms with van der Waals surface area (Å²) in [5.74, 6) is 0.950. The number of nitrogens with zero attached hydrogens (tertiary/aromatic N) is 3. The van der Waals surface area contributed by atoms with E-state index in [0.717, 1.165) is 40.6 Å². The van der Waals surface area contributed by atoms with Crippen molar-refractivity contribution in [2.24, 2.45) is 5.73 Å². The van der Waals surface area contributed by atoms with E-state index in [1.807, 2.05) is 18.5 Å². The maximum Gasteiger partial charge on any atom is 0.130 e. The molecule has 0 spiro atoms. The van der Waals surface area contributed by atoms with Gasteiger partial charge in [0.1, 0.15) is 5.82 Å². The second kappa shape index (κ2) is 12.1. The lowest BCUT2D eigenvalue weighted by Gasteiger charge is -2.33. The number of rotatable bonds is 10. The highest BCUT2D eigenvalue weighted by Crippen LogP contribution is 2.39. The Labute approximate surface area is 211 Å². The predicted molar refractivity (Wildman–Crippen MR) is 137 cm³/mol. The molecule has 1 aliphatic rings. The molecule has 2 N–H and O–H groups in total. The number of hydrogen-bond acceptors (Lipinski definition) is 6. The fourth-order valence-electron chi connectivity index (χ4n) is 4.27. The highest BCUT2D eigenvalue weighted by Gasteiger charge is 2.27. The summed E-state index contributed by atoms with van der Waals surface area (Å²) in [6.07, 6.45) is 4.41. The molecule has 1 atom stereocenters. The molecule has 2 heterocycles. The Kier molecular flexibility index (Phi) is 8.89. The predicted octanol–water partition coefficient (Wildman–Crippen LogP) is 4.56. The van der Waals surface area contributed by atoms with Crippen molar-refractivity contribution in [3.63, 3.8) is 0 Å². The van der Waals surface area contributed by atoms with E-state index in [9.17, 15) is 0 Å². The fourth-order valence-corrected chi connectivity index (χ4v) is 4.84. The number of ether oxygens (including phenoxy) is 2. The minimum absolute atomic E-state index is 0.191. The van der Waals surface area contributed by atoms with Crippen molar-refractivity contribution in [3.05, 3.63) is 81.4 Å². The maximum absolute atomic E-state index is 6.53. The summed E-state index contributed by atoms with van der Waals surface area (Å²) in [4.78, 5) is 11.4. The van der Waals surface area contributed by atoms with E-state index in [4.69, 9.17) is 38.4 Å². The summed E-state index contributed by atoms with van der Waals surface area (Å²) in [6.45, 7) is 4.45. The topological polar surface area (TPSA) is 73.5 Å². The quantitative estimate of drug-likeness (QED) is 0.411. The van der Waals surface area contributed by atoms with Gasteiger partial charge < -0.3 is 20.1 Å². The number of likely N-dealkylation sites (N-methyl/N-ethyl adjacent to an activating group) is 1. The summed E-state index contributed by atoms with van der Waals surface area (Å²) in [6, 6.07) is 12.4. The third-order valence-electron chi connectivity index (χ3n) is 5.92. The van der Waals surface area contributed by atoms with Crippen molar-refractivity contribution in [1.29, 1.82) is 0 Å². The van der Waals surface area contributed by atoms with E-state index in [1.165, 1.54) is 11.1 Å². The number of nitrogens with two attached hydrogens (primary N) is 1. The molecule has 0 fully saturated rings. The zero-order valence-corrected chi connectivity index (χ0v) is 20.9. The molecule has 0 saturated heterocycles. The van der Waals surface area contributed by atoms with Gasteiger partial charge in [-0.25, -0.2) is 9.97 Å². The number of fused-ring (bicyclic) bond motifs is 1. The van der Waals surface area contributed by atoms with Crippen molar-refractivity contribution in [2.45, 2.75) is 18.9 Å². The molecule has 0 radical (unpaired) electrons. The first-order chi connectivity index (χ1) is 16.5. The monoisotopic (exact) mass is 500 g/mol. The Morgan fingerprint density at radius 3 is 2.53 bits per heavy atom. The standard InChI is InChI=1S/C26H30Cl2N4O2/c1-32-16-23(22-12-21(27)13-25(28)24(22)17-32)19-4-2-3-18(11-19)20-14-30-26(31-15-20)5-7-33-9-10-34-8-6-29/h2-4,11-15,23H,5-10,16-17,29H2,1H3/t23-/m0/s1. The molecule has 1 aliphatic heterocycles. The van der Waals surface area contributed by atoms with Crippen LogP contribution in [0, 0.1) is 0 Å².